The van der Waals surface area contributed by atoms with Gasteiger partial charge in [-0.1, -0.05) is 23.7 Å². The van der Waals surface area contributed by atoms with Crippen molar-refractivity contribution in [2.24, 2.45) is 5.10 Å². The first-order valence-corrected chi connectivity index (χ1v) is 8.82. The lowest BCUT2D eigenvalue weighted by Gasteiger charge is -2.11. The molecule has 0 spiro atoms. The second-order valence-corrected chi connectivity index (χ2v) is 6.20. The van der Waals surface area contributed by atoms with Gasteiger partial charge in [0.05, 0.1) is 18.9 Å². The summed E-state index contributed by atoms with van der Waals surface area (Å²) in [6.45, 7) is 0.391. The fourth-order valence-electron chi connectivity index (χ4n) is 2.35. The number of hydrazone groups is 1. The number of hydrogen-bond donors (Lipinski definition) is 1. The van der Waals surface area contributed by atoms with Crippen molar-refractivity contribution in [3.05, 3.63) is 88.7 Å². The lowest BCUT2D eigenvalue weighted by Crippen LogP contribution is -2.17. The highest BCUT2D eigenvalue weighted by Crippen LogP contribution is 2.28. The van der Waals surface area contributed by atoms with Crippen molar-refractivity contribution in [3.8, 4) is 11.5 Å². The Labute approximate surface area is 167 Å². The van der Waals surface area contributed by atoms with Gasteiger partial charge >= 0.3 is 0 Å². The Balaban J connectivity index is 1.62. The van der Waals surface area contributed by atoms with E-state index in [4.69, 9.17) is 21.1 Å². The number of hydrogen-bond acceptors (Lipinski definition) is 5. The molecular formula is C21H18ClN3O3. The molecule has 0 saturated carbocycles. The Morgan fingerprint density at radius 1 is 1.18 bits per heavy atom. The average Bonchev–Trinajstić information content (AvgIpc) is 2.74. The Kier molecular flexibility index (Phi) is 6.59. The predicted molar refractivity (Wildman–Crippen MR) is 108 cm³/mol. The van der Waals surface area contributed by atoms with E-state index in [-0.39, 0.29) is 5.91 Å². The summed E-state index contributed by atoms with van der Waals surface area (Å²) in [5.41, 5.74) is 4.64. The number of ether oxygens (including phenoxy) is 2. The van der Waals surface area contributed by atoms with Crippen LogP contribution in [0.25, 0.3) is 0 Å². The van der Waals surface area contributed by atoms with Gasteiger partial charge in [0.1, 0.15) is 6.61 Å². The third kappa shape index (κ3) is 5.31. The van der Waals surface area contributed by atoms with Crippen molar-refractivity contribution < 1.29 is 14.3 Å². The van der Waals surface area contributed by atoms with E-state index < -0.39 is 0 Å². The fourth-order valence-corrected chi connectivity index (χ4v) is 2.48. The topological polar surface area (TPSA) is 72.8 Å². The van der Waals surface area contributed by atoms with Gasteiger partial charge in [0.15, 0.2) is 11.5 Å². The quantitative estimate of drug-likeness (QED) is 0.483. The summed E-state index contributed by atoms with van der Waals surface area (Å²) in [7, 11) is 1.57. The first kappa shape index (κ1) is 19.4. The molecule has 0 unspecified atom stereocenters. The number of carbonyl (C=O) groups is 1. The van der Waals surface area contributed by atoms with Crippen molar-refractivity contribution in [2.45, 2.75) is 6.61 Å². The Morgan fingerprint density at radius 2 is 2.00 bits per heavy atom. The minimum Gasteiger partial charge on any atom is -0.493 e. The molecule has 0 aliphatic heterocycles. The standard InChI is InChI=1S/C21H18ClN3O3/c1-27-20-11-16(12-24-25-21(26)17-3-2-10-23-13-17)6-9-19(20)28-14-15-4-7-18(22)8-5-15/h2-13H,14H2,1H3,(H,25,26). The maximum atomic E-state index is 11.9. The van der Waals surface area contributed by atoms with E-state index in [1.165, 1.54) is 12.4 Å². The molecule has 142 valence electrons. The molecule has 7 heteroatoms. The number of halogens is 1. The molecule has 28 heavy (non-hydrogen) atoms. The lowest BCUT2D eigenvalue weighted by molar-refractivity contribution is 0.0955. The zero-order chi connectivity index (χ0) is 19.8. The van der Waals surface area contributed by atoms with E-state index >= 15 is 0 Å². The number of benzene rings is 2. The Morgan fingerprint density at radius 3 is 2.71 bits per heavy atom. The summed E-state index contributed by atoms with van der Waals surface area (Å²) >= 11 is 5.89. The molecule has 0 aliphatic carbocycles. The molecule has 0 aliphatic rings. The van der Waals surface area contributed by atoms with E-state index in [0.717, 1.165) is 11.1 Å². The molecule has 0 radical (unpaired) electrons. The molecule has 3 rings (SSSR count). The molecular weight excluding hydrogens is 378 g/mol. The van der Waals surface area contributed by atoms with Crippen LogP contribution in [0.5, 0.6) is 11.5 Å². The van der Waals surface area contributed by atoms with E-state index in [1.54, 1.807) is 37.6 Å². The van der Waals surface area contributed by atoms with Gasteiger partial charge in [-0.25, -0.2) is 5.43 Å². The third-order valence-corrected chi connectivity index (χ3v) is 4.05. The highest BCUT2D eigenvalue weighted by Gasteiger charge is 2.06. The first-order valence-electron chi connectivity index (χ1n) is 8.44. The van der Waals surface area contributed by atoms with Crippen molar-refractivity contribution in [2.75, 3.05) is 7.11 Å². The van der Waals surface area contributed by atoms with E-state index in [0.29, 0.717) is 28.7 Å². The minimum absolute atomic E-state index is 0.334. The number of carbonyl (C=O) groups excluding carboxylic acids is 1. The molecule has 6 nitrogen and oxygen atoms in total. The number of aromatic nitrogens is 1. The van der Waals surface area contributed by atoms with Crippen molar-refractivity contribution in [3.63, 3.8) is 0 Å². The smallest absolute Gasteiger partial charge is 0.272 e. The number of nitrogens with one attached hydrogen (secondary N) is 1. The van der Waals surface area contributed by atoms with Gasteiger partial charge < -0.3 is 9.47 Å². The second kappa shape index (κ2) is 9.53. The number of rotatable bonds is 7. The van der Waals surface area contributed by atoms with Gasteiger partial charge in [-0.15, -0.1) is 0 Å². The summed E-state index contributed by atoms with van der Waals surface area (Å²) in [5.74, 6) is 0.838. The molecule has 3 aromatic rings. The first-order chi connectivity index (χ1) is 13.7. The van der Waals surface area contributed by atoms with Crippen molar-refractivity contribution in [1.82, 2.24) is 10.4 Å². The summed E-state index contributed by atoms with van der Waals surface area (Å²) in [6.07, 6.45) is 4.60. The third-order valence-electron chi connectivity index (χ3n) is 3.80. The van der Waals surface area contributed by atoms with Crippen LogP contribution in [0.3, 0.4) is 0 Å². The SMILES string of the molecule is COc1cc(C=NNC(=O)c2cccnc2)ccc1OCc1ccc(Cl)cc1. The number of amides is 1. The van der Waals surface area contributed by atoms with Crippen LogP contribution in [0.1, 0.15) is 21.5 Å². The highest BCUT2D eigenvalue weighted by molar-refractivity contribution is 6.30. The van der Waals surface area contributed by atoms with Gasteiger partial charge in [-0.05, 0) is 53.6 Å². The highest BCUT2D eigenvalue weighted by atomic mass is 35.5. The van der Waals surface area contributed by atoms with Gasteiger partial charge in [0.2, 0.25) is 0 Å². The molecule has 0 saturated heterocycles. The minimum atomic E-state index is -0.334. The molecule has 0 fully saturated rings. The Hall–Kier alpha value is -3.38. The van der Waals surface area contributed by atoms with Crippen LogP contribution < -0.4 is 14.9 Å². The van der Waals surface area contributed by atoms with Crippen LogP contribution in [0.2, 0.25) is 5.02 Å². The van der Waals surface area contributed by atoms with E-state index in [2.05, 4.69) is 15.5 Å². The number of pyridine rings is 1. The second-order valence-electron chi connectivity index (χ2n) is 5.77. The summed E-state index contributed by atoms with van der Waals surface area (Å²) < 4.78 is 11.2. The van der Waals surface area contributed by atoms with E-state index in [1.807, 2.05) is 30.3 Å². The van der Waals surface area contributed by atoms with Crippen LogP contribution in [0.4, 0.5) is 0 Å². The monoisotopic (exact) mass is 395 g/mol. The predicted octanol–water partition coefficient (Wildman–Crippen LogP) is 4.09. The lowest BCUT2D eigenvalue weighted by atomic mass is 10.2. The van der Waals surface area contributed by atoms with Gasteiger partial charge in [0.25, 0.3) is 5.91 Å². The maximum Gasteiger partial charge on any atom is 0.272 e. The molecule has 1 amide bonds. The van der Waals surface area contributed by atoms with Crippen LogP contribution in [0, 0.1) is 0 Å². The molecule has 1 N–H and O–H groups in total. The molecule has 0 atom stereocenters. The summed E-state index contributed by atoms with van der Waals surface area (Å²) in [6, 6.07) is 16.2. The summed E-state index contributed by atoms with van der Waals surface area (Å²) in [4.78, 5) is 15.8. The van der Waals surface area contributed by atoms with Gasteiger partial charge in [-0.2, -0.15) is 5.10 Å². The van der Waals surface area contributed by atoms with Crippen molar-refractivity contribution >= 4 is 23.7 Å². The van der Waals surface area contributed by atoms with Gasteiger partial charge in [-0.3, -0.25) is 9.78 Å². The van der Waals surface area contributed by atoms with Crippen LogP contribution in [-0.2, 0) is 6.61 Å². The maximum absolute atomic E-state index is 11.9. The average molecular weight is 396 g/mol. The fraction of sp³-hybridized carbons (Fsp3) is 0.0952. The van der Waals surface area contributed by atoms with Crippen LogP contribution in [0.15, 0.2) is 72.1 Å². The van der Waals surface area contributed by atoms with Crippen molar-refractivity contribution in [1.29, 1.82) is 0 Å². The zero-order valence-electron chi connectivity index (χ0n) is 15.1. The van der Waals surface area contributed by atoms with Crippen LogP contribution >= 0.6 is 11.6 Å². The summed E-state index contributed by atoms with van der Waals surface area (Å²) in [5, 5.41) is 4.64. The molecule has 2 aromatic carbocycles. The zero-order valence-corrected chi connectivity index (χ0v) is 15.9. The molecule has 1 heterocycles. The van der Waals surface area contributed by atoms with E-state index in [9.17, 15) is 4.79 Å². The van der Waals surface area contributed by atoms with Gasteiger partial charge in [0, 0.05) is 17.4 Å². The number of nitrogens with zero attached hydrogens (tertiary/aromatic N) is 2. The van der Waals surface area contributed by atoms with Crippen LogP contribution in [-0.4, -0.2) is 24.2 Å². The Bertz CT molecular complexity index is 960. The normalized spacial score (nSPS) is 10.6. The number of methoxy groups -OCH3 is 1. The molecule has 1 aromatic heterocycles. The molecule has 0 bridgehead atoms. The largest absolute Gasteiger partial charge is 0.493 e.